The highest BCUT2D eigenvalue weighted by Crippen LogP contribution is 2.30. The van der Waals surface area contributed by atoms with E-state index in [0.29, 0.717) is 6.61 Å². The number of rotatable bonds is 6. The van der Waals surface area contributed by atoms with E-state index in [1.165, 1.54) is 7.05 Å². The maximum atomic E-state index is 12.6. The van der Waals surface area contributed by atoms with Gasteiger partial charge >= 0.3 is 6.18 Å². The molecular weight excluding hydrogens is 263 g/mol. The first-order chi connectivity index (χ1) is 8.86. The highest BCUT2D eigenvalue weighted by molar-refractivity contribution is 5.31. The Morgan fingerprint density at radius 3 is 2.58 bits per heavy atom. The average molecular weight is 279 g/mol. The minimum atomic E-state index is -4.55. The Morgan fingerprint density at radius 2 is 2.05 bits per heavy atom. The lowest BCUT2D eigenvalue weighted by molar-refractivity contribution is -0.141. The maximum Gasteiger partial charge on any atom is 0.433 e. The van der Waals surface area contributed by atoms with E-state index < -0.39 is 18.0 Å². The third kappa shape index (κ3) is 4.90. The van der Waals surface area contributed by atoms with Crippen LogP contribution in [0.4, 0.5) is 19.1 Å². The number of anilines is 1. The highest BCUT2D eigenvalue weighted by Gasteiger charge is 2.34. The molecule has 1 aromatic heterocycles. The summed E-state index contributed by atoms with van der Waals surface area (Å²) in [7, 11) is 1.43. The summed E-state index contributed by atoms with van der Waals surface area (Å²) < 4.78 is 48.3. The topological polar surface area (TPSA) is 56.3 Å². The summed E-state index contributed by atoms with van der Waals surface area (Å²) in [6.45, 7) is 4.28. The monoisotopic (exact) mass is 279 g/mol. The van der Waals surface area contributed by atoms with Crippen molar-refractivity contribution in [2.75, 3.05) is 25.6 Å². The summed E-state index contributed by atoms with van der Waals surface area (Å²) >= 11 is 0. The fraction of sp³-hybridized carbons (Fsp3) is 0.636. The van der Waals surface area contributed by atoms with Gasteiger partial charge < -0.3 is 14.8 Å². The van der Waals surface area contributed by atoms with E-state index in [0.717, 1.165) is 6.07 Å². The Morgan fingerprint density at radius 1 is 1.37 bits per heavy atom. The Labute approximate surface area is 109 Å². The number of hydrogen-bond acceptors (Lipinski definition) is 5. The molecule has 1 aromatic rings. The van der Waals surface area contributed by atoms with E-state index in [1.54, 1.807) is 6.92 Å². The quantitative estimate of drug-likeness (QED) is 0.866. The van der Waals surface area contributed by atoms with Crippen molar-refractivity contribution in [3.05, 3.63) is 11.8 Å². The van der Waals surface area contributed by atoms with Gasteiger partial charge in [0.25, 0.3) is 0 Å². The Kier molecular flexibility index (Phi) is 5.34. The Balaban J connectivity index is 2.88. The van der Waals surface area contributed by atoms with E-state index in [-0.39, 0.29) is 18.4 Å². The van der Waals surface area contributed by atoms with Gasteiger partial charge in [0.1, 0.15) is 6.10 Å². The SMILES string of the molecule is CCOCC(C)Oc1cc(C(F)(F)F)nc(NC)n1. The Bertz CT molecular complexity index is 413. The third-order valence-corrected chi connectivity index (χ3v) is 2.10. The maximum absolute atomic E-state index is 12.6. The third-order valence-electron chi connectivity index (χ3n) is 2.10. The van der Waals surface area contributed by atoms with Crippen LogP contribution in [0.5, 0.6) is 5.88 Å². The number of aromatic nitrogens is 2. The molecule has 0 aromatic carbocycles. The van der Waals surface area contributed by atoms with Crippen LogP contribution in [-0.2, 0) is 10.9 Å². The summed E-state index contributed by atoms with van der Waals surface area (Å²) in [4.78, 5) is 7.15. The van der Waals surface area contributed by atoms with Crippen molar-refractivity contribution in [3.63, 3.8) is 0 Å². The molecule has 0 aliphatic carbocycles. The molecule has 5 nitrogen and oxygen atoms in total. The fourth-order valence-corrected chi connectivity index (χ4v) is 1.27. The van der Waals surface area contributed by atoms with Crippen LogP contribution >= 0.6 is 0 Å². The molecule has 0 aliphatic heterocycles. The second-order valence-corrected chi connectivity index (χ2v) is 3.75. The van der Waals surface area contributed by atoms with E-state index in [9.17, 15) is 13.2 Å². The first kappa shape index (κ1) is 15.5. The molecule has 1 unspecified atom stereocenters. The molecule has 0 radical (unpaired) electrons. The molecular formula is C11H16F3N3O2. The molecule has 0 amide bonds. The molecule has 1 N–H and O–H groups in total. The number of alkyl halides is 3. The first-order valence-corrected chi connectivity index (χ1v) is 5.75. The van der Waals surface area contributed by atoms with Gasteiger partial charge in [0.15, 0.2) is 5.69 Å². The lowest BCUT2D eigenvalue weighted by atomic mass is 10.4. The molecule has 0 aliphatic rings. The van der Waals surface area contributed by atoms with Crippen LogP contribution in [0.3, 0.4) is 0 Å². The van der Waals surface area contributed by atoms with Crippen LogP contribution in [0, 0.1) is 0 Å². The van der Waals surface area contributed by atoms with E-state index in [2.05, 4.69) is 15.3 Å². The predicted molar refractivity (Wildman–Crippen MR) is 63.2 cm³/mol. The van der Waals surface area contributed by atoms with Crippen LogP contribution < -0.4 is 10.1 Å². The van der Waals surface area contributed by atoms with Crippen LogP contribution in [0.15, 0.2) is 6.07 Å². The number of nitrogens with zero attached hydrogens (tertiary/aromatic N) is 2. The summed E-state index contributed by atoms with van der Waals surface area (Å²) in [6.07, 6.45) is -4.95. The zero-order valence-corrected chi connectivity index (χ0v) is 10.9. The number of ether oxygens (including phenoxy) is 2. The fourth-order valence-electron chi connectivity index (χ4n) is 1.27. The molecule has 108 valence electrons. The van der Waals surface area contributed by atoms with Crippen LogP contribution in [0.1, 0.15) is 19.5 Å². The van der Waals surface area contributed by atoms with Crippen LogP contribution in [0.2, 0.25) is 0 Å². The molecule has 0 bridgehead atoms. The predicted octanol–water partition coefficient (Wildman–Crippen LogP) is 2.34. The summed E-state index contributed by atoms with van der Waals surface area (Å²) in [5.74, 6) is -0.285. The molecule has 8 heteroatoms. The molecule has 0 spiro atoms. The van der Waals surface area contributed by atoms with Gasteiger partial charge in [-0.2, -0.15) is 18.2 Å². The van der Waals surface area contributed by atoms with E-state index in [1.807, 2.05) is 6.92 Å². The number of halogens is 3. The minimum Gasteiger partial charge on any atom is -0.472 e. The van der Waals surface area contributed by atoms with Gasteiger partial charge in [0.2, 0.25) is 11.8 Å². The lowest BCUT2D eigenvalue weighted by Crippen LogP contribution is -2.21. The standard InChI is InChI=1S/C11H16F3N3O2/c1-4-18-6-7(2)19-9-5-8(11(12,13)14)16-10(15-3)17-9/h5,7H,4,6H2,1-3H3,(H,15,16,17). The number of nitrogens with one attached hydrogen (secondary N) is 1. The highest BCUT2D eigenvalue weighted by atomic mass is 19.4. The normalized spacial score (nSPS) is 13.2. The summed E-state index contributed by atoms with van der Waals surface area (Å²) in [5.41, 5.74) is -1.05. The van der Waals surface area contributed by atoms with E-state index >= 15 is 0 Å². The molecule has 0 saturated carbocycles. The Hall–Kier alpha value is -1.57. The smallest absolute Gasteiger partial charge is 0.433 e. The second-order valence-electron chi connectivity index (χ2n) is 3.75. The molecule has 1 rings (SSSR count). The zero-order chi connectivity index (χ0) is 14.5. The van der Waals surface area contributed by atoms with Gasteiger partial charge in [-0.25, -0.2) is 4.98 Å². The zero-order valence-electron chi connectivity index (χ0n) is 10.9. The molecule has 1 atom stereocenters. The molecule has 0 fully saturated rings. The van der Waals surface area contributed by atoms with Crippen molar-refractivity contribution in [2.24, 2.45) is 0 Å². The summed E-state index contributed by atoms with van der Waals surface area (Å²) in [5, 5.41) is 2.46. The first-order valence-electron chi connectivity index (χ1n) is 5.75. The largest absolute Gasteiger partial charge is 0.472 e. The van der Waals surface area contributed by atoms with Gasteiger partial charge in [-0.15, -0.1) is 0 Å². The van der Waals surface area contributed by atoms with Gasteiger partial charge in [0.05, 0.1) is 6.61 Å². The average Bonchev–Trinajstić information content (AvgIpc) is 2.34. The van der Waals surface area contributed by atoms with Crippen molar-refractivity contribution < 1.29 is 22.6 Å². The molecule has 1 heterocycles. The van der Waals surface area contributed by atoms with Crippen molar-refractivity contribution in [1.82, 2.24) is 9.97 Å². The van der Waals surface area contributed by atoms with Crippen molar-refractivity contribution in [2.45, 2.75) is 26.1 Å². The van der Waals surface area contributed by atoms with Gasteiger partial charge in [0, 0.05) is 19.7 Å². The minimum absolute atomic E-state index is 0.140. The van der Waals surface area contributed by atoms with Gasteiger partial charge in [-0.1, -0.05) is 0 Å². The number of hydrogen-bond donors (Lipinski definition) is 1. The molecule has 19 heavy (non-hydrogen) atoms. The second kappa shape index (κ2) is 6.55. The van der Waals surface area contributed by atoms with Gasteiger partial charge in [-0.3, -0.25) is 0 Å². The van der Waals surface area contributed by atoms with E-state index in [4.69, 9.17) is 9.47 Å². The van der Waals surface area contributed by atoms with Crippen molar-refractivity contribution in [3.8, 4) is 5.88 Å². The van der Waals surface area contributed by atoms with Crippen molar-refractivity contribution >= 4 is 5.95 Å². The van der Waals surface area contributed by atoms with Crippen LogP contribution in [-0.4, -0.2) is 36.3 Å². The van der Waals surface area contributed by atoms with Gasteiger partial charge in [-0.05, 0) is 13.8 Å². The molecule has 0 saturated heterocycles. The van der Waals surface area contributed by atoms with Crippen LogP contribution in [0.25, 0.3) is 0 Å². The summed E-state index contributed by atoms with van der Waals surface area (Å²) in [6, 6.07) is 0.767. The lowest BCUT2D eigenvalue weighted by Gasteiger charge is -2.15. The van der Waals surface area contributed by atoms with Crippen molar-refractivity contribution in [1.29, 1.82) is 0 Å².